The molecule has 0 bridgehead atoms. The Morgan fingerprint density at radius 1 is 1.00 bits per heavy atom. The molecular weight excluding hydrogens is 424 g/mol. The highest BCUT2D eigenvalue weighted by molar-refractivity contribution is 5.87. The van der Waals surface area contributed by atoms with Gasteiger partial charge in [-0.1, -0.05) is 0 Å². The van der Waals surface area contributed by atoms with Crippen molar-refractivity contribution in [2.75, 3.05) is 6.61 Å². The van der Waals surface area contributed by atoms with Gasteiger partial charge in [-0.25, -0.2) is 0 Å². The van der Waals surface area contributed by atoms with E-state index in [1.54, 1.807) is 12.1 Å². The van der Waals surface area contributed by atoms with Crippen LogP contribution in [0.2, 0.25) is 0 Å². The average Bonchev–Trinajstić information content (AvgIpc) is 2.77. The zero-order chi connectivity index (χ0) is 23.2. The summed E-state index contributed by atoms with van der Waals surface area (Å²) in [6.45, 7) is 0.846. The molecule has 0 radical (unpaired) electrons. The third kappa shape index (κ3) is 3.78. The van der Waals surface area contributed by atoms with E-state index in [0.29, 0.717) is 5.56 Å². The molecule has 0 spiro atoms. The van der Waals surface area contributed by atoms with Gasteiger partial charge in [0, 0.05) is 23.3 Å². The fraction of sp³-hybridized carbons (Fsp3) is 0.318. The molecule has 2 heterocycles. The van der Waals surface area contributed by atoms with Crippen molar-refractivity contribution in [1.29, 1.82) is 0 Å². The monoisotopic (exact) mass is 446 g/mol. The van der Waals surface area contributed by atoms with Crippen molar-refractivity contribution in [3.8, 4) is 28.6 Å². The van der Waals surface area contributed by atoms with Gasteiger partial charge in [0.2, 0.25) is 6.29 Å². The number of aliphatic hydroxyl groups excluding tert-OH is 4. The van der Waals surface area contributed by atoms with E-state index in [9.17, 15) is 35.4 Å². The van der Waals surface area contributed by atoms with Crippen LogP contribution in [-0.4, -0.2) is 68.0 Å². The SMILES string of the molecule is Cc1c(O[C@@H]2O[C@H](CO)[C@@H](O)[C@H](O)[C@H]2O)cc2oc(-c3ccc(O)cc3)cc(=O)c2c1O. The lowest BCUT2D eigenvalue weighted by Gasteiger charge is -2.39. The summed E-state index contributed by atoms with van der Waals surface area (Å²) in [6, 6.07) is 8.51. The molecule has 2 aromatic carbocycles. The Kier molecular flexibility index (Phi) is 5.80. The van der Waals surface area contributed by atoms with Gasteiger partial charge in [0.1, 0.15) is 58.4 Å². The summed E-state index contributed by atoms with van der Waals surface area (Å²) in [5, 5.41) is 59.4. The molecule has 0 unspecified atom stereocenters. The maximum absolute atomic E-state index is 12.7. The van der Waals surface area contributed by atoms with E-state index in [4.69, 9.17) is 13.9 Å². The number of rotatable bonds is 4. The molecule has 170 valence electrons. The Balaban J connectivity index is 1.76. The molecule has 0 saturated carbocycles. The molecular formula is C22H22O10. The number of aromatic hydroxyl groups is 2. The van der Waals surface area contributed by atoms with E-state index < -0.39 is 48.5 Å². The molecule has 10 heteroatoms. The lowest BCUT2D eigenvalue weighted by Crippen LogP contribution is -2.60. The number of phenols is 2. The maximum atomic E-state index is 12.7. The highest BCUT2D eigenvalue weighted by Gasteiger charge is 2.45. The first-order chi connectivity index (χ1) is 15.2. The summed E-state index contributed by atoms with van der Waals surface area (Å²) < 4.78 is 16.8. The normalized spacial score (nSPS) is 25.7. The summed E-state index contributed by atoms with van der Waals surface area (Å²) in [7, 11) is 0. The highest BCUT2D eigenvalue weighted by atomic mass is 16.7. The molecule has 1 aliphatic heterocycles. The van der Waals surface area contributed by atoms with Gasteiger partial charge in [0.15, 0.2) is 5.43 Å². The van der Waals surface area contributed by atoms with Crippen LogP contribution in [-0.2, 0) is 4.74 Å². The van der Waals surface area contributed by atoms with Crippen molar-refractivity contribution < 1.29 is 44.5 Å². The minimum Gasteiger partial charge on any atom is -0.508 e. The second-order valence-corrected chi connectivity index (χ2v) is 7.56. The van der Waals surface area contributed by atoms with Crippen molar-refractivity contribution in [3.63, 3.8) is 0 Å². The zero-order valence-electron chi connectivity index (χ0n) is 16.9. The number of hydrogen-bond donors (Lipinski definition) is 6. The lowest BCUT2D eigenvalue weighted by molar-refractivity contribution is -0.277. The number of phenolic OH excluding ortho intramolecular Hbond substituents is 2. The van der Waals surface area contributed by atoms with Crippen molar-refractivity contribution in [3.05, 3.63) is 52.2 Å². The summed E-state index contributed by atoms with van der Waals surface area (Å²) in [5.41, 5.74) is 0.148. The van der Waals surface area contributed by atoms with E-state index in [0.717, 1.165) is 0 Å². The number of ether oxygens (including phenoxy) is 2. The van der Waals surface area contributed by atoms with Crippen LogP contribution >= 0.6 is 0 Å². The molecule has 10 nitrogen and oxygen atoms in total. The lowest BCUT2D eigenvalue weighted by atomic mass is 9.99. The second-order valence-electron chi connectivity index (χ2n) is 7.56. The average molecular weight is 446 g/mol. The zero-order valence-corrected chi connectivity index (χ0v) is 16.9. The van der Waals surface area contributed by atoms with Gasteiger partial charge in [-0.15, -0.1) is 0 Å². The predicted octanol–water partition coefficient (Wildman–Crippen LogP) is 0.358. The number of benzene rings is 2. The Labute approximate surface area is 181 Å². The summed E-state index contributed by atoms with van der Waals surface area (Å²) in [5.74, 6) is -0.177. The van der Waals surface area contributed by atoms with Crippen LogP contribution in [0.3, 0.4) is 0 Å². The molecule has 6 N–H and O–H groups in total. The van der Waals surface area contributed by atoms with Crippen LogP contribution in [0.1, 0.15) is 5.56 Å². The summed E-state index contributed by atoms with van der Waals surface area (Å²) in [4.78, 5) is 12.7. The second kappa shape index (κ2) is 8.41. The van der Waals surface area contributed by atoms with E-state index >= 15 is 0 Å². The molecule has 0 amide bonds. The predicted molar refractivity (Wildman–Crippen MR) is 110 cm³/mol. The van der Waals surface area contributed by atoms with Gasteiger partial charge < -0.3 is 44.5 Å². The largest absolute Gasteiger partial charge is 0.508 e. The van der Waals surface area contributed by atoms with Crippen molar-refractivity contribution in [2.45, 2.75) is 37.6 Å². The van der Waals surface area contributed by atoms with E-state index in [-0.39, 0.29) is 33.8 Å². The van der Waals surface area contributed by atoms with Crippen LogP contribution in [0.4, 0.5) is 0 Å². The van der Waals surface area contributed by atoms with Crippen LogP contribution in [0, 0.1) is 6.92 Å². The Bertz CT molecular complexity index is 1180. The number of fused-ring (bicyclic) bond motifs is 1. The van der Waals surface area contributed by atoms with Gasteiger partial charge in [-0.05, 0) is 31.2 Å². The molecule has 3 aromatic rings. The summed E-state index contributed by atoms with van der Waals surface area (Å²) in [6.07, 6.45) is -7.49. The van der Waals surface area contributed by atoms with Crippen LogP contribution in [0.15, 0.2) is 45.6 Å². The first-order valence-electron chi connectivity index (χ1n) is 9.78. The molecule has 1 aliphatic rings. The van der Waals surface area contributed by atoms with Crippen molar-refractivity contribution >= 4 is 11.0 Å². The Morgan fingerprint density at radius 2 is 1.69 bits per heavy atom. The van der Waals surface area contributed by atoms with E-state index in [2.05, 4.69) is 0 Å². The van der Waals surface area contributed by atoms with E-state index in [1.165, 1.54) is 31.2 Å². The molecule has 0 aliphatic carbocycles. The fourth-order valence-electron chi connectivity index (χ4n) is 3.56. The molecule has 32 heavy (non-hydrogen) atoms. The van der Waals surface area contributed by atoms with Crippen molar-refractivity contribution in [2.24, 2.45) is 0 Å². The molecule has 5 atom stereocenters. The summed E-state index contributed by atoms with van der Waals surface area (Å²) >= 11 is 0. The molecule has 4 rings (SSSR count). The van der Waals surface area contributed by atoms with E-state index in [1.807, 2.05) is 0 Å². The third-order valence-corrected chi connectivity index (χ3v) is 5.44. The van der Waals surface area contributed by atoms with Crippen molar-refractivity contribution in [1.82, 2.24) is 0 Å². The maximum Gasteiger partial charge on any atom is 0.229 e. The van der Waals surface area contributed by atoms with Crippen LogP contribution in [0.5, 0.6) is 17.2 Å². The van der Waals surface area contributed by atoms with Gasteiger partial charge in [-0.3, -0.25) is 4.79 Å². The number of aliphatic hydroxyl groups is 4. The first kappa shape index (κ1) is 22.1. The molecule has 1 saturated heterocycles. The Morgan fingerprint density at radius 3 is 2.34 bits per heavy atom. The number of hydrogen-bond acceptors (Lipinski definition) is 10. The first-order valence-corrected chi connectivity index (χ1v) is 9.78. The molecule has 1 aromatic heterocycles. The quantitative estimate of drug-likeness (QED) is 0.329. The van der Waals surface area contributed by atoms with Gasteiger partial charge >= 0.3 is 0 Å². The molecule has 1 fully saturated rings. The third-order valence-electron chi connectivity index (χ3n) is 5.44. The van der Waals surface area contributed by atoms with Gasteiger partial charge in [0.25, 0.3) is 0 Å². The topological polar surface area (TPSA) is 170 Å². The smallest absolute Gasteiger partial charge is 0.229 e. The van der Waals surface area contributed by atoms with Crippen LogP contribution in [0.25, 0.3) is 22.3 Å². The van der Waals surface area contributed by atoms with Gasteiger partial charge in [-0.2, -0.15) is 0 Å². The highest BCUT2D eigenvalue weighted by Crippen LogP contribution is 2.37. The standard InChI is InChI=1S/C22H22O10/c1-9-13(31-22-21(29)20(28)19(27)16(8-23)32-22)7-15-17(18(9)26)12(25)6-14(30-15)10-2-4-11(24)5-3-10/h2-7,16,19-24,26-29H,8H2,1H3/t16-,19-,20+,21-,22-/m1/s1. The van der Waals surface area contributed by atoms with Crippen LogP contribution < -0.4 is 10.2 Å². The fourth-order valence-corrected chi connectivity index (χ4v) is 3.56. The minimum absolute atomic E-state index is 0.00895. The Hall–Kier alpha value is -3.15. The van der Waals surface area contributed by atoms with Gasteiger partial charge in [0.05, 0.1) is 6.61 Å². The minimum atomic E-state index is -1.65.